The van der Waals surface area contributed by atoms with Crippen molar-refractivity contribution in [2.75, 3.05) is 26.7 Å². The van der Waals surface area contributed by atoms with E-state index in [0.717, 1.165) is 19.0 Å². The van der Waals surface area contributed by atoms with Crippen LogP contribution in [0.3, 0.4) is 0 Å². The minimum absolute atomic E-state index is 0.256. The third kappa shape index (κ3) is 3.41. The van der Waals surface area contributed by atoms with Crippen LogP contribution in [0.2, 0.25) is 5.02 Å². The molecular formula is C15H23ClN2O. The molecule has 0 aliphatic carbocycles. The summed E-state index contributed by atoms with van der Waals surface area (Å²) in [6, 6.07) is 6.23. The molecule has 19 heavy (non-hydrogen) atoms. The lowest BCUT2D eigenvalue weighted by molar-refractivity contribution is 0.133. The van der Waals surface area contributed by atoms with Gasteiger partial charge in [0.1, 0.15) is 5.75 Å². The van der Waals surface area contributed by atoms with Crippen LogP contribution in [0.1, 0.15) is 31.4 Å². The topological polar surface area (TPSA) is 38.5 Å². The van der Waals surface area contributed by atoms with Crippen molar-refractivity contribution < 1.29 is 4.74 Å². The second-order valence-electron chi connectivity index (χ2n) is 5.39. The fourth-order valence-electron chi connectivity index (χ4n) is 2.89. The Morgan fingerprint density at radius 2 is 2.32 bits per heavy atom. The van der Waals surface area contributed by atoms with Crippen LogP contribution in [-0.2, 0) is 0 Å². The van der Waals surface area contributed by atoms with Gasteiger partial charge < -0.3 is 10.5 Å². The van der Waals surface area contributed by atoms with Gasteiger partial charge >= 0.3 is 0 Å². The van der Waals surface area contributed by atoms with E-state index in [0.29, 0.717) is 17.3 Å². The van der Waals surface area contributed by atoms with E-state index in [4.69, 9.17) is 22.1 Å². The number of nitrogens with two attached hydrogens (primary N) is 1. The minimum Gasteiger partial charge on any atom is -0.495 e. The lowest BCUT2D eigenvalue weighted by atomic mass is 9.96. The van der Waals surface area contributed by atoms with Gasteiger partial charge in [-0.3, -0.25) is 4.90 Å². The van der Waals surface area contributed by atoms with Crippen LogP contribution in [0.4, 0.5) is 0 Å². The normalized spacial score (nSPS) is 22.2. The number of hydrogen-bond acceptors (Lipinski definition) is 3. The quantitative estimate of drug-likeness (QED) is 0.922. The van der Waals surface area contributed by atoms with E-state index >= 15 is 0 Å². The number of hydrogen-bond donors (Lipinski definition) is 1. The molecule has 2 N–H and O–H groups in total. The predicted octanol–water partition coefficient (Wildman–Crippen LogP) is 3.08. The molecule has 2 unspecified atom stereocenters. The molecule has 3 nitrogen and oxygen atoms in total. The van der Waals surface area contributed by atoms with Crippen molar-refractivity contribution in [1.82, 2.24) is 4.90 Å². The number of piperidine rings is 1. The van der Waals surface area contributed by atoms with Crippen LogP contribution in [0, 0.1) is 5.92 Å². The van der Waals surface area contributed by atoms with Crippen LogP contribution >= 0.6 is 11.6 Å². The molecule has 0 bridgehead atoms. The lowest BCUT2D eigenvalue weighted by Crippen LogP contribution is -2.40. The van der Waals surface area contributed by atoms with Gasteiger partial charge in [0.25, 0.3) is 0 Å². The predicted molar refractivity (Wildman–Crippen MR) is 79.8 cm³/mol. The zero-order valence-corrected chi connectivity index (χ0v) is 12.5. The maximum absolute atomic E-state index is 6.21. The van der Waals surface area contributed by atoms with Gasteiger partial charge in [0, 0.05) is 19.1 Å². The van der Waals surface area contributed by atoms with Gasteiger partial charge in [0.15, 0.2) is 0 Å². The first kappa shape index (κ1) is 14.6. The number of methoxy groups -OCH3 is 1. The highest BCUT2D eigenvalue weighted by Crippen LogP contribution is 2.31. The van der Waals surface area contributed by atoms with E-state index in [2.05, 4.69) is 17.9 Å². The van der Waals surface area contributed by atoms with Crippen LogP contribution in [0.15, 0.2) is 18.2 Å². The number of likely N-dealkylation sites (tertiary alicyclic amines) is 1. The highest BCUT2D eigenvalue weighted by molar-refractivity contribution is 6.32. The highest BCUT2D eigenvalue weighted by atomic mass is 35.5. The minimum atomic E-state index is 0.256. The van der Waals surface area contributed by atoms with Crippen LogP contribution in [0.25, 0.3) is 0 Å². The van der Waals surface area contributed by atoms with Crippen molar-refractivity contribution in [2.45, 2.75) is 25.8 Å². The molecule has 1 aromatic carbocycles. The van der Waals surface area contributed by atoms with Gasteiger partial charge in [-0.15, -0.1) is 0 Å². The maximum atomic E-state index is 6.21. The Bertz CT molecular complexity index is 425. The Kier molecular flexibility index (Phi) is 5.08. The number of benzene rings is 1. The first-order chi connectivity index (χ1) is 9.15. The molecule has 1 aliphatic rings. The molecule has 0 radical (unpaired) electrons. The molecule has 1 aromatic rings. The maximum Gasteiger partial charge on any atom is 0.137 e. The van der Waals surface area contributed by atoms with E-state index < -0.39 is 0 Å². The van der Waals surface area contributed by atoms with Crippen molar-refractivity contribution in [3.05, 3.63) is 28.8 Å². The fourth-order valence-corrected chi connectivity index (χ4v) is 3.16. The summed E-state index contributed by atoms with van der Waals surface area (Å²) < 4.78 is 5.20. The number of halogens is 1. The summed E-state index contributed by atoms with van der Waals surface area (Å²) in [6.07, 6.45) is 2.57. The highest BCUT2D eigenvalue weighted by Gasteiger charge is 2.24. The van der Waals surface area contributed by atoms with E-state index in [1.165, 1.54) is 18.4 Å². The van der Waals surface area contributed by atoms with Gasteiger partial charge in [-0.2, -0.15) is 0 Å². The molecule has 1 fully saturated rings. The molecule has 0 aromatic heterocycles. The molecule has 2 atom stereocenters. The standard InChI is InChI=1S/C15H23ClN2O/c1-11-4-3-7-18(10-11)14(9-17)12-5-6-15(19-2)13(16)8-12/h5-6,8,11,14H,3-4,7,9-10,17H2,1-2H3. The Morgan fingerprint density at radius 1 is 1.53 bits per heavy atom. The van der Waals surface area contributed by atoms with E-state index in [1.54, 1.807) is 7.11 Å². The van der Waals surface area contributed by atoms with Crippen molar-refractivity contribution >= 4 is 11.6 Å². The number of rotatable bonds is 4. The zero-order chi connectivity index (χ0) is 13.8. The SMILES string of the molecule is COc1ccc(C(CN)N2CCCC(C)C2)cc1Cl. The molecule has 0 spiro atoms. The first-order valence-corrected chi connectivity index (χ1v) is 7.31. The average molecular weight is 283 g/mol. The van der Waals surface area contributed by atoms with Gasteiger partial charge in [0.05, 0.1) is 12.1 Å². The van der Waals surface area contributed by atoms with E-state index in [1.807, 2.05) is 12.1 Å². The van der Waals surface area contributed by atoms with Crippen LogP contribution in [-0.4, -0.2) is 31.6 Å². The van der Waals surface area contributed by atoms with E-state index in [-0.39, 0.29) is 6.04 Å². The summed E-state index contributed by atoms with van der Waals surface area (Å²) >= 11 is 6.21. The van der Waals surface area contributed by atoms with Gasteiger partial charge in [-0.05, 0) is 43.0 Å². The van der Waals surface area contributed by atoms with E-state index in [9.17, 15) is 0 Å². The monoisotopic (exact) mass is 282 g/mol. The Labute approximate surface area is 120 Å². The molecule has 0 amide bonds. The summed E-state index contributed by atoms with van der Waals surface area (Å²) in [4.78, 5) is 2.48. The molecule has 1 saturated heterocycles. The molecule has 1 aliphatic heterocycles. The molecule has 2 rings (SSSR count). The smallest absolute Gasteiger partial charge is 0.137 e. The Hall–Kier alpha value is -0.770. The second kappa shape index (κ2) is 6.60. The molecule has 1 heterocycles. The van der Waals surface area contributed by atoms with Crippen molar-refractivity contribution in [1.29, 1.82) is 0 Å². The zero-order valence-electron chi connectivity index (χ0n) is 11.7. The lowest BCUT2D eigenvalue weighted by Gasteiger charge is -2.37. The molecule has 106 valence electrons. The largest absolute Gasteiger partial charge is 0.495 e. The third-order valence-corrected chi connectivity index (χ3v) is 4.21. The van der Waals surface area contributed by atoms with Gasteiger partial charge in [-0.25, -0.2) is 0 Å². The summed E-state index contributed by atoms with van der Waals surface area (Å²) in [6.45, 7) is 5.16. The van der Waals surface area contributed by atoms with Crippen LogP contribution < -0.4 is 10.5 Å². The van der Waals surface area contributed by atoms with Gasteiger partial charge in [0.2, 0.25) is 0 Å². The van der Waals surface area contributed by atoms with Crippen LogP contribution in [0.5, 0.6) is 5.75 Å². The summed E-state index contributed by atoms with van der Waals surface area (Å²) in [7, 11) is 1.63. The number of nitrogens with zero attached hydrogens (tertiary/aromatic N) is 1. The fraction of sp³-hybridized carbons (Fsp3) is 0.600. The van der Waals surface area contributed by atoms with Crippen molar-refractivity contribution in [3.63, 3.8) is 0 Å². The second-order valence-corrected chi connectivity index (χ2v) is 5.80. The molecule has 4 heteroatoms. The number of ether oxygens (including phenoxy) is 1. The van der Waals surface area contributed by atoms with Gasteiger partial charge in [-0.1, -0.05) is 24.6 Å². The average Bonchev–Trinajstić information content (AvgIpc) is 2.40. The van der Waals surface area contributed by atoms with Crippen molar-refractivity contribution in [3.8, 4) is 5.75 Å². The molecule has 0 saturated carbocycles. The van der Waals surface area contributed by atoms with Crippen molar-refractivity contribution in [2.24, 2.45) is 11.7 Å². The Morgan fingerprint density at radius 3 is 2.89 bits per heavy atom. The summed E-state index contributed by atoms with van der Waals surface area (Å²) in [5, 5.41) is 0.656. The Balaban J connectivity index is 2.19. The summed E-state index contributed by atoms with van der Waals surface area (Å²) in [5.74, 6) is 1.46. The first-order valence-electron chi connectivity index (χ1n) is 6.93. The third-order valence-electron chi connectivity index (χ3n) is 3.91. The summed E-state index contributed by atoms with van der Waals surface area (Å²) in [5.41, 5.74) is 7.17. The molecular weight excluding hydrogens is 260 g/mol.